The highest BCUT2D eigenvalue weighted by Crippen LogP contribution is 2.63. The lowest BCUT2D eigenvalue weighted by molar-refractivity contribution is -0.116. The second-order valence-electron chi connectivity index (χ2n) is 8.44. The molecule has 1 amide bonds. The Labute approximate surface area is 193 Å². The number of carbonyl (C=O) groups is 2. The maximum absolute atomic E-state index is 11.7. The minimum Gasteiger partial charge on any atom is -0.508 e. The zero-order valence-electron chi connectivity index (χ0n) is 17.9. The number of hydrogen-bond donors (Lipinski definition) is 3. The summed E-state index contributed by atoms with van der Waals surface area (Å²) in [6.07, 6.45) is 2.72. The number of aromatic nitrogens is 3. The van der Waals surface area contributed by atoms with Gasteiger partial charge in [0.1, 0.15) is 47.5 Å². The van der Waals surface area contributed by atoms with Gasteiger partial charge in [0.15, 0.2) is 0 Å². The summed E-state index contributed by atoms with van der Waals surface area (Å²) in [7, 11) is 0. The molecule has 4 heterocycles. The van der Waals surface area contributed by atoms with Crippen LogP contribution in [0.1, 0.15) is 35.2 Å². The van der Waals surface area contributed by atoms with Crippen molar-refractivity contribution in [2.45, 2.75) is 30.8 Å². The van der Waals surface area contributed by atoms with E-state index < -0.39 is 0 Å². The third kappa shape index (κ3) is 3.16. The van der Waals surface area contributed by atoms with E-state index in [0.29, 0.717) is 24.4 Å². The quantitative estimate of drug-likeness (QED) is 0.428. The number of benzene rings is 2. The van der Waals surface area contributed by atoms with Gasteiger partial charge in [-0.05, 0) is 42.8 Å². The number of amides is 1. The summed E-state index contributed by atoms with van der Waals surface area (Å²) < 4.78 is 12.4. The molecule has 9 nitrogen and oxygen atoms in total. The molecule has 0 radical (unpaired) electrons. The summed E-state index contributed by atoms with van der Waals surface area (Å²) >= 11 is 0. The van der Waals surface area contributed by atoms with E-state index >= 15 is 0 Å². The van der Waals surface area contributed by atoms with Crippen LogP contribution in [-0.2, 0) is 16.0 Å². The van der Waals surface area contributed by atoms with Gasteiger partial charge in [-0.25, -0.2) is 9.97 Å². The smallest absolute Gasteiger partial charge is 0.225 e. The Hall–Kier alpha value is -4.40. The van der Waals surface area contributed by atoms with Gasteiger partial charge in [-0.15, -0.1) is 0 Å². The first-order chi connectivity index (χ1) is 16.6. The van der Waals surface area contributed by atoms with Crippen LogP contribution in [-0.4, -0.2) is 38.9 Å². The van der Waals surface area contributed by atoms with Crippen molar-refractivity contribution in [2.75, 3.05) is 5.32 Å². The predicted octanol–water partition coefficient (Wildman–Crippen LogP) is 3.80. The molecule has 0 saturated heterocycles. The van der Waals surface area contributed by atoms with E-state index in [1.54, 1.807) is 24.4 Å². The van der Waals surface area contributed by atoms with Crippen LogP contribution in [0, 0.1) is 0 Å². The average molecular weight is 456 g/mol. The van der Waals surface area contributed by atoms with Gasteiger partial charge >= 0.3 is 0 Å². The molecule has 7 rings (SSSR count). The third-order valence-corrected chi connectivity index (χ3v) is 6.46. The highest BCUT2D eigenvalue weighted by atomic mass is 16.5. The van der Waals surface area contributed by atoms with Crippen molar-refractivity contribution in [3.05, 3.63) is 65.6 Å². The largest absolute Gasteiger partial charge is 0.508 e. The van der Waals surface area contributed by atoms with E-state index in [9.17, 15) is 9.90 Å². The summed E-state index contributed by atoms with van der Waals surface area (Å²) in [6.45, 7) is 2.00. The average Bonchev–Trinajstić information content (AvgIpc) is 3.19. The number of imidazole rings is 1. The number of aromatic amines is 1. The van der Waals surface area contributed by atoms with E-state index in [4.69, 9.17) is 19.3 Å². The molecule has 1 saturated carbocycles. The first kappa shape index (κ1) is 20.2. The minimum atomic E-state index is -0.0246. The number of ether oxygens (including phenoxy) is 2. The number of rotatable bonds is 3. The fraction of sp³-hybridized carbons (Fsp3) is 0.200. The Kier molecular flexibility index (Phi) is 4.51. The standard InChI is InChI=1S/C24H18N4O4.CH2O/c29-11-1-4-15-16(9-11)27-24(26-15)21-20-14-10-12(2-5-17(14)32-22(20)21)31-18-7-8-25-23-13(18)3-6-19(30)28-23;1-2/h1-2,4-5,7-10,20-22,29H,3,6H2,(H,26,27)(H,25,28,30);1H2. The number of nitrogens with one attached hydrogen (secondary N) is 2. The number of hydrogen-bond acceptors (Lipinski definition) is 7. The fourth-order valence-corrected chi connectivity index (χ4v) is 4.89. The molecule has 2 aromatic heterocycles. The van der Waals surface area contributed by atoms with Crippen molar-refractivity contribution >= 4 is 29.5 Å². The SMILES string of the molecule is C=O.O=C1CCc2c(Oc3ccc4c(c3)C3C(O4)C3c3nc4ccc(O)cc4[nH]3)ccnc2N1. The van der Waals surface area contributed by atoms with Crippen molar-refractivity contribution in [3.8, 4) is 23.0 Å². The molecule has 2 aromatic carbocycles. The summed E-state index contributed by atoms with van der Waals surface area (Å²) in [6, 6.07) is 12.8. The molecule has 0 bridgehead atoms. The summed E-state index contributed by atoms with van der Waals surface area (Å²) in [5.41, 5.74) is 3.67. The number of anilines is 1. The molecule has 1 aliphatic carbocycles. The molecule has 3 atom stereocenters. The molecule has 0 spiro atoms. The lowest BCUT2D eigenvalue weighted by Gasteiger charge is -2.19. The number of aromatic hydroxyl groups is 1. The second kappa shape index (κ2) is 7.58. The lowest BCUT2D eigenvalue weighted by atomic mass is 10.1. The minimum absolute atomic E-state index is 0.0246. The lowest BCUT2D eigenvalue weighted by Crippen LogP contribution is -2.20. The Morgan fingerprint density at radius 2 is 1.97 bits per heavy atom. The number of phenols is 1. The van der Waals surface area contributed by atoms with E-state index in [1.807, 2.05) is 31.1 Å². The van der Waals surface area contributed by atoms with Crippen LogP contribution in [0.3, 0.4) is 0 Å². The zero-order valence-corrected chi connectivity index (χ0v) is 17.9. The Bertz CT molecular complexity index is 1450. The highest BCUT2D eigenvalue weighted by molar-refractivity contribution is 5.93. The van der Waals surface area contributed by atoms with Gasteiger partial charge < -0.3 is 29.7 Å². The van der Waals surface area contributed by atoms with Crippen molar-refractivity contribution < 1.29 is 24.2 Å². The maximum Gasteiger partial charge on any atom is 0.225 e. The van der Waals surface area contributed by atoms with Gasteiger partial charge in [0, 0.05) is 35.7 Å². The number of pyridine rings is 1. The normalized spacial score (nSPS) is 21.3. The Morgan fingerprint density at radius 1 is 1.09 bits per heavy atom. The third-order valence-electron chi connectivity index (χ3n) is 6.46. The summed E-state index contributed by atoms with van der Waals surface area (Å²) in [5, 5.41) is 12.5. The molecular weight excluding hydrogens is 436 g/mol. The fourth-order valence-electron chi connectivity index (χ4n) is 4.89. The van der Waals surface area contributed by atoms with E-state index in [2.05, 4.69) is 15.3 Å². The topological polar surface area (TPSA) is 126 Å². The second-order valence-corrected chi connectivity index (χ2v) is 8.44. The van der Waals surface area contributed by atoms with Gasteiger partial charge in [-0.2, -0.15) is 0 Å². The molecule has 170 valence electrons. The molecule has 3 unspecified atom stereocenters. The van der Waals surface area contributed by atoms with Crippen LogP contribution in [0.5, 0.6) is 23.0 Å². The van der Waals surface area contributed by atoms with Crippen LogP contribution in [0.25, 0.3) is 11.0 Å². The van der Waals surface area contributed by atoms with Crippen molar-refractivity contribution in [1.29, 1.82) is 0 Å². The first-order valence-corrected chi connectivity index (χ1v) is 10.9. The van der Waals surface area contributed by atoms with Crippen molar-refractivity contribution in [3.63, 3.8) is 0 Å². The number of H-pyrrole nitrogens is 1. The van der Waals surface area contributed by atoms with E-state index in [-0.39, 0.29) is 29.6 Å². The zero-order chi connectivity index (χ0) is 23.4. The van der Waals surface area contributed by atoms with Crippen LogP contribution >= 0.6 is 0 Å². The number of phenolic OH excluding ortho intramolecular Hbond substituents is 1. The Balaban J connectivity index is 0.00000106. The number of fused-ring (bicyclic) bond motifs is 5. The molecule has 1 fully saturated rings. The molecular formula is C25H20N4O5. The van der Waals surface area contributed by atoms with Crippen LogP contribution in [0.4, 0.5) is 5.82 Å². The molecule has 4 aromatic rings. The Morgan fingerprint density at radius 3 is 2.85 bits per heavy atom. The van der Waals surface area contributed by atoms with Gasteiger partial charge in [0.25, 0.3) is 0 Å². The summed E-state index contributed by atoms with van der Waals surface area (Å²) in [4.78, 5) is 31.9. The predicted molar refractivity (Wildman–Crippen MR) is 122 cm³/mol. The van der Waals surface area contributed by atoms with Crippen LogP contribution in [0.15, 0.2) is 48.7 Å². The van der Waals surface area contributed by atoms with Gasteiger partial charge in [-0.1, -0.05) is 0 Å². The molecule has 34 heavy (non-hydrogen) atoms. The van der Waals surface area contributed by atoms with Gasteiger partial charge in [0.2, 0.25) is 5.91 Å². The molecule has 3 aliphatic rings. The monoisotopic (exact) mass is 456 g/mol. The highest BCUT2D eigenvalue weighted by Gasteiger charge is 2.61. The number of nitrogens with zero attached hydrogens (tertiary/aromatic N) is 2. The van der Waals surface area contributed by atoms with Crippen molar-refractivity contribution in [2.24, 2.45) is 0 Å². The van der Waals surface area contributed by atoms with Crippen molar-refractivity contribution in [1.82, 2.24) is 15.0 Å². The first-order valence-electron chi connectivity index (χ1n) is 10.9. The molecule has 3 N–H and O–H groups in total. The van der Waals surface area contributed by atoms with Gasteiger partial charge in [-0.3, -0.25) is 4.79 Å². The summed E-state index contributed by atoms with van der Waals surface area (Å²) in [5.74, 6) is 4.30. The van der Waals surface area contributed by atoms with Gasteiger partial charge in [0.05, 0.1) is 17.0 Å². The van der Waals surface area contributed by atoms with E-state index in [1.165, 1.54) is 0 Å². The molecule has 9 heteroatoms. The van der Waals surface area contributed by atoms with Crippen LogP contribution in [0.2, 0.25) is 0 Å². The van der Waals surface area contributed by atoms with Crippen LogP contribution < -0.4 is 14.8 Å². The maximum atomic E-state index is 11.7. The number of carbonyl (C=O) groups excluding carboxylic acids is 2. The molecule has 2 aliphatic heterocycles. The van der Waals surface area contributed by atoms with E-state index in [0.717, 1.165) is 39.5 Å².